The van der Waals surface area contributed by atoms with Crippen LogP contribution in [0.1, 0.15) is 36.0 Å². The van der Waals surface area contributed by atoms with Gasteiger partial charge in [-0.15, -0.1) is 0 Å². The van der Waals surface area contributed by atoms with Crippen LogP contribution >= 0.6 is 0 Å². The number of nitrogens with two attached hydrogens (primary N) is 1. The number of nitrogens with one attached hydrogen (secondary N) is 2. The highest BCUT2D eigenvalue weighted by Crippen LogP contribution is 2.44. The molecular formula is C29H30N6O9S. The second kappa shape index (κ2) is 12.1. The molecule has 0 saturated carbocycles. The summed E-state index contributed by atoms with van der Waals surface area (Å²) in [7, 11) is -4.64. The molecule has 45 heavy (non-hydrogen) atoms. The van der Waals surface area contributed by atoms with Gasteiger partial charge in [-0.25, -0.2) is 19.5 Å². The fourth-order valence-corrected chi connectivity index (χ4v) is 5.88. The Morgan fingerprint density at radius 3 is 2.56 bits per heavy atom. The Balaban J connectivity index is 1.11. The van der Waals surface area contributed by atoms with Crippen molar-refractivity contribution in [3.8, 4) is 0 Å². The van der Waals surface area contributed by atoms with E-state index in [1.54, 1.807) is 54.8 Å². The average molecular weight is 639 g/mol. The lowest BCUT2D eigenvalue weighted by molar-refractivity contribution is -0.198. The van der Waals surface area contributed by atoms with Gasteiger partial charge in [0, 0.05) is 6.20 Å². The molecule has 16 heteroatoms. The van der Waals surface area contributed by atoms with Crippen LogP contribution in [-0.2, 0) is 40.0 Å². The van der Waals surface area contributed by atoms with Gasteiger partial charge >= 0.3 is 16.4 Å². The quantitative estimate of drug-likeness (QED) is 0.243. The van der Waals surface area contributed by atoms with Crippen molar-refractivity contribution < 1.29 is 41.1 Å². The van der Waals surface area contributed by atoms with E-state index in [0.717, 1.165) is 5.56 Å². The minimum Gasteiger partial charge on any atom is -0.444 e. The summed E-state index contributed by atoms with van der Waals surface area (Å²) in [5.41, 5.74) is 8.05. The first-order valence-electron chi connectivity index (χ1n) is 13.9. The van der Waals surface area contributed by atoms with Gasteiger partial charge in [-0.2, -0.15) is 8.42 Å². The van der Waals surface area contributed by atoms with Crippen molar-refractivity contribution in [2.75, 3.05) is 17.7 Å². The maximum Gasteiger partial charge on any atom is 0.411 e. The summed E-state index contributed by atoms with van der Waals surface area (Å²) < 4.78 is 57.9. The number of fused-ring (bicyclic) bond motifs is 2. The Labute approximate surface area is 257 Å². The SMILES string of the molecule is CC1(C)OC2[C@@H](COS(=O)(=O)NC(=O)c3ccccc3NC(=O)OCc3ccccc3)O[C@@H](n3cnc4c(N)ccnc43)[C@H]2O1. The van der Waals surface area contributed by atoms with E-state index >= 15 is 0 Å². The molecule has 2 aromatic carbocycles. The van der Waals surface area contributed by atoms with Crippen molar-refractivity contribution in [1.82, 2.24) is 19.3 Å². The molecule has 4 heterocycles. The molecule has 0 spiro atoms. The number of anilines is 2. The van der Waals surface area contributed by atoms with E-state index in [9.17, 15) is 18.0 Å². The molecule has 1 unspecified atom stereocenters. The zero-order valence-corrected chi connectivity index (χ0v) is 25.0. The number of nitrogen functional groups attached to an aromatic ring is 1. The van der Waals surface area contributed by atoms with Gasteiger partial charge in [0.25, 0.3) is 5.91 Å². The molecule has 0 bridgehead atoms. The number of benzene rings is 2. The monoisotopic (exact) mass is 638 g/mol. The zero-order valence-electron chi connectivity index (χ0n) is 24.2. The third kappa shape index (κ3) is 6.59. The maximum absolute atomic E-state index is 13.0. The fourth-order valence-electron chi connectivity index (χ4n) is 5.17. The Hall–Kier alpha value is -4.61. The van der Waals surface area contributed by atoms with Gasteiger partial charge in [0.2, 0.25) is 0 Å². The minimum atomic E-state index is -4.64. The van der Waals surface area contributed by atoms with E-state index in [4.69, 9.17) is 28.9 Å². The zero-order chi connectivity index (χ0) is 31.8. The molecule has 6 rings (SSSR count). The lowest BCUT2D eigenvalue weighted by Gasteiger charge is -2.24. The summed E-state index contributed by atoms with van der Waals surface area (Å²) in [5, 5.41) is 2.46. The number of carbonyl (C=O) groups is 2. The Bertz CT molecular complexity index is 1830. The second-order valence-electron chi connectivity index (χ2n) is 10.8. The van der Waals surface area contributed by atoms with Gasteiger partial charge in [0.15, 0.2) is 17.7 Å². The van der Waals surface area contributed by atoms with Crippen LogP contribution in [-0.4, -0.2) is 65.7 Å². The summed E-state index contributed by atoms with van der Waals surface area (Å²) in [6.45, 7) is 2.95. The van der Waals surface area contributed by atoms with Crippen molar-refractivity contribution in [3.05, 3.63) is 84.3 Å². The number of aromatic nitrogens is 3. The highest BCUT2D eigenvalue weighted by molar-refractivity contribution is 7.85. The standard InChI is InChI=1S/C29H30N6O9S/c1-29(2)43-23-21(42-27(24(23)44-29)35-16-32-22-19(30)12-13-31-25(22)35)15-41-45(38,39)34-26(36)18-10-6-7-11-20(18)33-28(37)40-14-17-8-4-3-5-9-17/h3-13,16,21,23-24,27H,14-15H2,1-2H3,(H2,30,31)(H,33,37)(H,34,36)/t21-,23?,24+,27-/m1/s1. The first-order chi connectivity index (χ1) is 21.5. The second-order valence-corrected chi connectivity index (χ2v) is 12.1. The number of hydrogen-bond acceptors (Lipinski definition) is 12. The molecule has 236 valence electrons. The number of imidazole rings is 1. The van der Waals surface area contributed by atoms with Crippen molar-refractivity contribution in [3.63, 3.8) is 0 Å². The molecule has 2 fully saturated rings. The highest BCUT2D eigenvalue weighted by Gasteiger charge is 2.56. The molecule has 4 N–H and O–H groups in total. The minimum absolute atomic E-state index is 0.00276. The van der Waals surface area contributed by atoms with E-state index in [-0.39, 0.29) is 17.9 Å². The van der Waals surface area contributed by atoms with Crippen LogP contribution in [0.3, 0.4) is 0 Å². The number of amides is 2. The van der Waals surface area contributed by atoms with E-state index in [1.807, 2.05) is 10.8 Å². The number of pyridine rings is 1. The third-order valence-electron chi connectivity index (χ3n) is 7.12. The summed E-state index contributed by atoms with van der Waals surface area (Å²) in [6, 6.07) is 16.5. The molecule has 4 atom stereocenters. The van der Waals surface area contributed by atoms with Crippen LogP contribution in [0.25, 0.3) is 11.2 Å². The third-order valence-corrected chi connectivity index (χ3v) is 8.00. The average Bonchev–Trinajstić information content (AvgIpc) is 3.67. The van der Waals surface area contributed by atoms with Crippen molar-refractivity contribution in [2.45, 2.75) is 50.8 Å². The largest absolute Gasteiger partial charge is 0.444 e. The van der Waals surface area contributed by atoms with Gasteiger partial charge in [-0.3, -0.25) is 18.9 Å². The van der Waals surface area contributed by atoms with Crippen LogP contribution in [0.15, 0.2) is 73.2 Å². The number of para-hydroxylation sites is 1. The number of carbonyl (C=O) groups excluding carboxylic acids is 2. The first kappa shape index (κ1) is 30.4. The summed E-state index contributed by atoms with van der Waals surface area (Å²) >= 11 is 0. The van der Waals surface area contributed by atoms with E-state index in [2.05, 4.69) is 15.3 Å². The van der Waals surface area contributed by atoms with Crippen LogP contribution in [0, 0.1) is 0 Å². The lowest BCUT2D eigenvalue weighted by Crippen LogP contribution is -2.38. The van der Waals surface area contributed by atoms with Gasteiger partial charge in [0.1, 0.15) is 30.4 Å². The van der Waals surface area contributed by atoms with Crippen molar-refractivity contribution >= 4 is 44.8 Å². The molecule has 2 amide bonds. The summed E-state index contributed by atoms with van der Waals surface area (Å²) in [4.78, 5) is 34.1. The van der Waals surface area contributed by atoms with Crippen LogP contribution < -0.4 is 15.8 Å². The van der Waals surface area contributed by atoms with E-state index in [0.29, 0.717) is 16.9 Å². The topological polar surface area (TPSA) is 195 Å². The number of hydrogen-bond donors (Lipinski definition) is 3. The smallest absolute Gasteiger partial charge is 0.411 e. The van der Waals surface area contributed by atoms with Gasteiger partial charge in [-0.05, 0) is 37.6 Å². The molecule has 0 radical (unpaired) electrons. The van der Waals surface area contributed by atoms with Gasteiger partial charge < -0.3 is 24.7 Å². The van der Waals surface area contributed by atoms with E-state index < -0.39 is 59.2 Å². The predicted molar refractivity (Wildman–Crippen MR) is 159 cm³/mol. The lowest BCUT2D eigenvalue weighted by atomic mass is 10.1. The number of ether oxygens (including phenoxy) is 4. The van der Waals surface area contributed by atoms with Gasteiger partial charge in [0.05, 0.1) is 29.9 Å². The fraction of sp³-hybridized carbons (Fsp3) is 0.310. The molecule has 0 aliphatic carbocycles. The van der Waals surface area contributed by atoms with Crippen molar-refractivity contribution in [2.24, 2.45) is 0 Å². The maximum atomic E-state index is 13.0. The Kier molecular flexibility index (Phi) is 8.15. The molecule has 2 saturated heterocycles. The molecule has 2 aliphatic rings. The van der Waals surface area contributed by atoms with E-state index in [1.165, 1.54) is 30.7 Å². The van der Waals surface area contributed by atoms with Gasteiger partial charge in [-0.1, -0.05) is 42.5 Å². The van der Waals surface area contributed by atoms with Crippen LogP contribution in [0.5, 0.6) is 0 Å². The molecular weight excluding hydrogens is 608 g/mol. The number of rotatable bonds is 9. The summed E-state index contributed by atoms with van der Waals surface area (Å²) in [6.07, 6.45) is -0.872. The molecule has 2 aliphatic heterocycles. The molecule has 15 nitrogen and oxygen atoms in total. The predicted octanol–water partition coefficient (Wildman–Crippen LogP) is 2.87. The normalized spacial score (nSPS) is 22.2. The highest BCUT2D eigenvalue weighted by atomic mass is 32.2. The van der Waals surface area contributed by atoms with Crippen LogP contribution in [0.2, 0.25) is 0 Å². The van der Waals surface area contributed by atoms with Crippen molar-refractivity contribution in [1.29, 1.82) is 0 Å². The van der Waals surface area contributed by atoms with Crippen LogP contribution in [0.4, 0.5) is 16.2 Å². The molecule has 4 aromatic rings. The summed E-state index contributed by atoms with van der Waals surface area (Å²) in [5.74, 6) is -2.03. The Morgan fingerprint density at radius 1 is 1.02 bits per heavy atom. The molecule has 2 aromatic heterocycles. The Morgan fingerprint density at radius 2 is 1.76 bits per heavy atom. The first-order valence-corrected chi connectivity index (χ1v) is 15.3. The number of nitrogens with zero attached hydrogens (tertiary/aromatic N) is 3.